The minimum atomic E-state index is -0.138. The van der Waals surface area contributed by atoms with Crippen molar-refractivity contribution in [3.63, 3.8) is 0 Å². The molecule has 2 rings (SSSR count). The zero-order valence-corrected chi connectivity index (χ0v) is 11.6. The van der Waals surface area contributed by atoms with E-state index in [1.165, 1.54) is 0 Å². The molecule has 0 aliphatic carbocycles. The molecule has 5 heteroatoms. The van der Waals surface area contributed by atoms with Gasteiger partial charge in [0.25, 0.3) is 5.91 Å². The second kappa shape index (κ2) is 6.68. The van der Waals surface area contributed by atoms with Gasteiger partial charge in [-0.25, -0.2) is 0 Å². The van der Waals surface area contributed by atoms with Crippen molar-refractivity contribution in [2.45, 2.75) is 6.54 Å². The van der Waals surface area contributed by atoms with Crippen molar-refractivity contribution in [2.75, 3.05) is 5.32 Å². The summed E-state index contributed by atoms with van der Waals surface area (Å²) in [5.74, 6) is -0.138. The zero-order chi connectivity index (χ0) is 14.4. The van der Waals surface area contributed by atoms with Crippen LogP contribution in [0.1, 0.15) is 15.9 Å². The van der Waals surface area contributed by atoms with E-state index in [4.69, 9.17) is 18.0 Å². The Morgan fingerprint density at radius 3 is 2.55 bits per heavy atom. The summed E-state index contributed by atoms with van der Waals surface area (Å²) in [5.41, 5.74) is 7.72. The zero-order valence-electron chi connectivity index (χ0n) is 10.8. The summed E-state index contributed by atoms with van der Waals surface area (Å²) in [6, 6.07) is 16.8. The van der Waals surface area contributed by atoms with Crippen molar-refractivity contribution >= 4 is 28.9 Å². The number of rotatable bonds is 4. The van der Waals surface area contributed by atoms with E-state index in [1.807, 2.05) is 30.3 Å². The summed E-state index contributed by atoms with van der Waals surface area (Å²) in [4.78, 5) is 12.1. The van der Waals surface area contributed by atoms with Crippen LogP contribution in [0.5, 0.6) is 0 Å². The summed E-state index contributed by atoms with van der Waals surface area (Å²) in [6.45, 7) is 0.493. The molecular formula is C15H15N3OS. The fraction of sp³-hybridized carbons (Fsp3) is 0.0667. The molecule has 0 atom stereocenters. The minimum absolute atomic E-state index is 0.138. The summed E-state index contributed by atoms with van der Waals surface area (Å²) in [6.07, 6.45) is 0. The van der Waals surface area contributed by atoms with E-state index in [1.54, 1.807) is 24.3 Å². The van der Waals surface area contributed by atoms with Crippen molar-refractivity contribution < 1.29 is 4.79 Å². The first kappa shape index (κ1) is 14.0. The van der Waals surface area contributed by atoms with E-state index < -0.39 is 0 Å². The first-order valence-electron chi connectivity index (χ1n) is 6.14. The molecule has 0 aliphatic rings. The quantitative estimate of drug-likeness (QED) is 0.754. The number of benzene rings is 2. The monoisotopic (exact) mass is 285 g/mol. The molecule has 0 saturated carbocycles. The van der Waals surface area contributed by atoms with Crippen LogP contribution in [-0.2, 0) is 6.54 Å². The maximum Gasteiger partial charge on any atom is 0.251 e. The lowest BCUT2D eigenvalue weighted by atomic mass is 10.1. The molecule has 1 amide bonds. The van der Waals surface area contributed by atoms with Crippen LogP contribution in [0, 0.1) is 0 Å². The third-order valence-electron chi connectivity index (χ3n) is 2.69. The maximum atomic E-state index is 12.1. The molecule has 0 fully saturated rings. The lowest BCUT2D eigenvalue weighted by molar-refractivity contribution is 0.0951. The van der Waals surface area contributed by atoms with E-state index in [-0.39, 0.29) is 11.0 Å². The highest BCUT2D eigenvalue weighted by atomic mass is 32.1. The van der Waals surface area contributed by atoms with Gasteiger partial charge in [0, 0.05) is 17.8 Å². The molecule has 0 saturated heterocycles. The standard InChI is InChI=1S/C15H15N3OS/c16-15(20)18-13-8-4-7-12(9-13)14(19)17-10-11-5-2-1-3-6-11/h1-9H,10H2,(H,17,19)(H3,16,18,20). The average Bonchev–Trinajstić information content (AvgIpc) is 2.45. The second-order valence-corrected chi connectivity index (χ2v) is 4.68. The number of carbonyl (C=O) groups is 1. The fourth-order valence-electron chi connectivity index (χ4n) is 1.76. The molecule has 2 aromatic rings. The third-order valence-corrected chi connectivity index (χ3v) is 2.79. The maximum absolute atomic E-state index is 12.1. The van der Waals surface area contributed by atoms with Gasteiger partial charge >= 0.3 is 0 Å². The van der Waals surface area contributed by atoms with Crippen LogP contribution in [0.4, 0.5) is 5.69 Å². The number of nitrogens with two attached hydrogens (primary N) is 1. The summed E-state index contributed by atoms with van der Waals surface area (Å²) in [5, 5.41) is 5.84. The molecule has 0 radical (unpaired) electrons. The number of thiocarbonyl (C=S) groups is 1. The van der Waals surface area contributed by atoms with Crippen molar-refractivity contribution in [1.29, 1.82) is 0 Å². The lowest BCUT2D eigenvalue weighted by Gasteiger charge is -2.08. The molecule has 0 spiro atoms. The number of anilines is 1. The van der Waals surface area contributed by atoms with Crippen LogP contribution in [0.15, 0.2) is 54.6 Å². The first-order valence-corrected chi connectivity index (χ1v) is 6.54. The van der Waals surface area contributed by atoms with Gasteiger partial charge < -0.3 is 16.4 Å². The van der Waals surface area contributed by atoms with Crippen LogP contribution in [0.3, 0.4) is 0 Å². The number of hydrogen-bond acceptors (Lipinski definition) is 2. The molecule has 102 valence electrons. The van der Waals surface area contributed by atoms with Gasteiger partial charge in [-0.2, -0.15) is 0 Å². The Labute approximate surface area is 123 Å². The molecular weight excluding hydrogens is 270 g/mol. The molecule has 2 aromatic carbocycles. The Morgan fingerprint density at radius 2 is 1.85 bits per heavy atom. The van der Waals surface area contributed by atoms with Gasteiger partial charge in [0.2, 0.25) is 0 Å². The van der Waals surface area contributed by atoms with Gasteiger partial charge in [-0.3, -0.25) is 4.79 Å². The topological polar surface area (TPSA) is 67.1 Å². The van der Waals surface area contributed by atoms with Crippen LogP contribution < -0.4 is 16.4 Å². The lowest BCUT2D eigenvalue weighted by Crippen LogP contribution is -2.23. The van der Waals surface area contributed by atoms with Crippen LogP contribution in [0.25, 0.3) is 0 Å². The Balaban J connectivity index is 2.00. The van der Waals surface area contributed by atoms with E-state index in [0.717, 1.165) is 5.56 Å². The summed E-state index contributed by atoms with van der Waals surface area (Å²) in [7, 11) is 0. The molecule has 0 bridgehead atoms. The summed E-state index contributed by atoms with van der Waals surface area (Å²) < 4.78 is 0. The summed E-state index contributed by atoms with van der Waals surface area (Å²) >= 11 is 4.77. The smallest absolute Gasteiger partial charge is 0.251 e. The van der Waals surface area contributed by atoms with Crippen molar-refractivity contribution in [2.24, 2.45) is 5.73 Å². The minimum Gasteiger partial charge on any atom is -0.376 e. The Kier molecular flexibility index (Phi) is 4.68. The number of amides is 1. The van der Waals surface area contributed by atoms with Gasteiger partial charge in [0.05, 0.1) is 0 Å². The van der Waals surface area contributed by atoms with Gasteiger partial charge in [0.15, 0.2) is 5.11 Å². The van der Waals surface area contributed by atoms with E-state index in [9.17, 15) is 4.79 Å². The number of nitrogens with one attached hydrogen (secondary N) is 2. The number of carbonyl (C=O) groups excluding carboxylic acids is 1. The molecule has 0 aliphatic heterocycles. The predicted octanol–water partition coefficient (Wildman–Crippen LogP) is 2.27. The number of hydrogen-bond donors (Lipinski definition) is 3. The molecule has 0 heterocycles. The molecule has 4 N–H and O–H groups in total. The van der Waals surface area contributed by atoms with Crippen LogP contribution >= 0.6 is 12.2 Å². The van der Waals surface area contributed by atoms with Crippen LogP contribution in [-0.4, -0.2) is 11.0 Å². The van der Waals surface area contributed by atoms with Gasteiger partial charge in [-0.05, 0) is 36.0 Å². The van der Waals surface area contributed by atoms with Gasteiger partial charge in [0.1, 0.15) is 0 Å². The van der Waals surface area contributed by atoms with Gasteiger partial charge in [-0.1, -0.05) is 36.4 Å². The third kappa shape index (κ3) is 4.07. The van der Waals surface area contributed by atoms with Crippen LogP contribution in [0.2, 0.25) is 0 Å². The highest BCUT2D eigenvalue weighted by Crippen LogP contribution is 2.10. The average molecular weight is 285 g/mol. The highest BCUT2D eigenvalue weighted by Gasteiger charge is 2.06. The van der Waals surface area contributed by atoms with Gasteiger partial charge in [-0.15, -0.1) is 0 Å². The molecule has 0 aromatic heterocycles. The molecule has 20 heavy (non-hydrogen) atoms. The largest absolute Gasteiger partial charge is 0.376 e. The van der Waals surface area contributed by atoms with E-state index in [0.29, 0.717) is 17.8 Å². The highest BCUT2D eigenvalue weighted by molar-refractivity contribution is 7.80. The SMILES string of the molecule is NC(=S)Nc1cccc(C(=O)NCc2ccccc2)c1. The Bertz CT molecular complexity index is 614. The molecule has 4 nitrogen and oxygen atoms in total. The van der Waals surface area contributed by atoms with E-state index >= 15 is 0 Å². The Morgan fingerprint density at radius 1 is 1.10 bits per heavy atom. The van der Waals surface area contributed by atoms with Crippen molar-refractivity contribution in [3.05, 3.63) is 65.7 Å². The second-order valence-electron chi connectivity index (χ2n) is 4.24. The fourth-order valence-corrected chi connectivity index (χ4v) is 1.88. The predicted molar refractivity (Wildman–Crippen MR) is 84.5 cm³/mol. The van der Waals surface area contributed by atoms with E-state index in [2.05, 4.69) is 10.6 Å². The van der Waals surface area contributed by atoms with Crippen molar-refractivity contribution in [3.8, 4) is 0 Å². The Hall–Kier alpha value is -2.40. The first-order chi connectivity index (χ1) is 9.65. The van der Waals surface area contributed by atoms with Crippen molar-refractivity contribution in [1.82, 2.24) is 5.32 Å². The molecule has 0 unspecified atom stereocenters. The normalized spacial score (nSPS) is 9.80.